The first-order valence-electron chi connectivity index (χ1n) is 13.4. The molecule has 1 aliphatic heterocycles. The van der Waals surface area contributed by atoms with E-state index in [1.54, 1.807) is 0 Å². The number of ether oxygens (including phenoxy) is 3. The molecule has 6 heteroatoms. The van der Waals surface area contributed by atoms with Crippen LogP contribution in [-0.4, -0.2) is 34.5 Å². The van der Waals surface area contributed by atoms with Crippen LogP contribution in [0.4, 0.5) is 4.39 Å². The summed E-state index contributed by atoms with van der Waals surface area (Å²) in [5.41, 5.74) is 4.49. The SMILES string of the molecule is CC(C)(C)OC(=O)C[C@H]1C[C@H](/C=C/c2c(C3CC3)nc3ccccc3c2-c2ccc(F)cc2)OC(C)(C)O1. The highest BCUT2D eigenvalue weighted by molar-refractivity contribution is 5.99. The Kier molecular flexibility index (Phi) is 7.14. The fourth-order valence-corrected chi connectivity index (χ4v) is 5.17. The van der Waals surface area contributed by atoms with Gasteiger partial charge in [-0.2, -0.15) is 0 Å². The molecule has 2 aromatic carbocycles. The molecule has 2 aliphatic rings. The maximum atomic E-state index is 13.8. The number of para-hydroxylation sites is 1. The van der Waals surface area contributed by atoms with E-state index in [4.69, 9.17) is 19.2 Å². The van der Waals surface area contributed by atoms with Crippen molar-refractivity contribution < 1.29 is 23.4 Å². The second-order valence-electron chi connectivity index (χ2n) is 11.8. The number of rotatable bonds is 6. The van der Waals surface area contributed by atoms with Gasteiger partial charge in [-0.05, 0) is 71.2 Å². The first-order valence-corrected chi connectivity index (χ1v) is 13.4. The Morgan fingerprint density at radius 2 is 1.82 bits per heavy atom. The van der Waals surface area contributed by atoms with Crippen molar-refractivity contribution >= 4 is 22.9 Å². The molecule has 0 bridgehead atoms. The first kappa shape index (κ1) is 26.5. The number of halogens is 1. The Balaban J connectivity index is 1.51. The van der Waals surface area contributed by atoms with Crippen LogP contribution in [0, 0.1) is 5.82 Å². The summed E-state index contributed by atoms with van der Waals surface area (Å²) in [6, 6.07) is 14.8. The molecule has 5 rings (SSSR count). The molecule has 1 saturated carbocycles. The minimum absolute atomic E-state index is 0.167. The number of esters is 1. The van der Waals surface area contributed by atoms with Crippen LogP contribution in [0.25, 0.3) is 28.1 Å². The molecule has 1 saturated heterocycles. The van der Waals surface area contributed by atoms with Gasteiger partial charge in [-0.3, -0.25) is 9.78 Å². The van der Waals surface area contributed by atoms with Crippen LogP contribution >= 0.6 is 0 Å². The Hall–Kier alpha value is -3.09. The molecule has 1 aliphatic carbocycles. The van der Waals surface area contributed by atoms with Gasteiger partial charge in [0.25, 0.3) is 0 Å². The van der Waals surface area contributed by atoms with Crippen molar-refractivity contribution in [2.24, 2.45) is 0 Å². The van der Waals surface area contributed by atoms with Crippen molar-refractivity contribution in [2.45, 2.75) is 89.8 Å². The lowest BCUT2D eigenvalue weighted by Gasteiger charge is -2.39. The Bertz CT molecular complexity index is 1350. The van der Waals surface area contributed by atoms with Crippen LogP contribution in [0.5, 0.6) is 0 Å². The van der Waals surface area contributed by atoms with Crippen LogP contribution in [0.2, 0.25) is 0 Å². The largest absolute Gasteiger partial charge is 0.460 e. The molecule has 200 valence electrons. The summed E-state index contributed by atoms with van der Waals surface area (Å²) < 4.78 is 31.7. The third kappa shape index (κ3) is 6.30. The summed E-state index contributed by atoms with van der Waals surface area (Å²) >= 11 is 0. The molecule has 3 aromatic rings. The van der Waals surface area contributed by atoms with Crippen molar-refractivity contribution in [2.75, 3.05) is 0 Å². The lowest BCUT2D eigenvalue weighted by molar-refractivity contribution is -0.290. The third-order valence-electron chi connectivity index (χ3n) is 6.73. The van der Waals surface area contributed by atoms with Gasteiger partial charge in [-0.25, -0.2) is 4.39 Å². The molecule has 2 fully saturated rings. The lowest BCUT2D eigenvalue weighted by atomic mass is 9.92. The zero-order valence-electron chi connectivity index (χ0n) is 22.8. The molecule has 1 aromatic heterocycles. The van der Waals surface area contributed by atoms with Crippen molar-refractivity contribution in [3.63, 3.8) is 0 Å². The highest BCUT2D eigenvalue weighted by Gasteiger charge is 2.36. The number of pyridine rings is 1. The average Bonchev–Trinajstić information content (AvgIpc) is 3.66. The standard InChI is InChI=1S/C32H36FNO4/c1-31(2,3)38-28(35)19-24-18-23(36-32(4,5)37-24)16-17-26-29(20-12-14-22(33)15-13-20)25-8-6-7-9-27(25)34-30(26)21-10-11-21/h6-9,12-17,21,23-24H,10-11,18-19H2,1-5H3/b17-16+/t23-,24+/m0/s1. The number of hydrogen-bond donors (Lipinski definition) is 0. The average molecular weight is 518 g/mol. The first-order chi connectivity index (χ1) is 18.0. The number of aromatic nitrogens is 1. The number of fused-ring (bicyclic) bond motifs is 1. The molecular formula is C32H36FNO4. The molecule has 0 unspecified atom stereocenters. The zero-order chi connectivity index (χ0) is 27.1. The summed E-state index contributed by atoms with van der Waals surface area (Å²) in [5.74, 6) is -0.983. The molecular weight excluding hydrogens is 481 g/mol. The summed E-state index contributed by atoms with van der Waals surface area (Å²) in [6.07, 6.45) is 6.48. The monoisotopic (exact) mass is 517 g/mol. The molecule has 0 N–H and O–H groups in total. The van der Waals surface area contributed by atoms with E-state index >= 15 is 0 Å². The van der Waals surface area contributed by atoms with Gasteiger partial charge in [0, 0.05) is 28.9 Å². The number of carbonyl (C=O) groups excluding carboxylic acids is 1. The summed E-state index contributed by atoms with van der Waals surface area (Å²) in [4.78, 5) is 17.6. The number of nitrogens with zero attached hydrogens (tertiary/aromatic N) is 1. The van der Waals surface area contributed by atoms with Gasteiger partial charge >= 0.3 is 5.97 Å². The van der Waals surface area contributed by atoms with Crippen molar-refractivity contribution in [1.82, 2.24) is 4.98 Å². The van der Waals surface area contributed by atoms with Crippen molar-refractivity contribution in [1.29, 1.82) is 0 Å². The summed E-state index contributed by atoms with van der Waals surface area (Å²) in [6.45, 7) is 9.31. The van der Waals surface area contributed by atoms with Gasteiger partial charge in [0.05, 0.1) is 29.8 Å². The van der Waals surface area contributed by atoms with Crippen LogP contribution in [0.3, 0.4) is 0 Å². The quantitative estimate of drug-likeness (QED) is 0.316. The van der Waals surface area contributed by atoms with Gasteiger partial charge in [0.15, 0.2) is 5.79 Å². The Labute approximate surface area is 224 Å². The van der Waals surface area contributed by atoms with Crippen molar-refractivity contribution in [3.05, 3.63) is 71.7 Å². The Morgan fingerprint density at radius 3 is 2.50 bits per heavy atom. The van der Waals surface area contributed by atoms with E-state index in [1.165, 1.54) is 12.1 Å². The zero-order valence-corrected chi connectivity index (χ0v) is 22.8. The normalized spacial score (nSPS) is 21.6. The van der Waals surface area contributed by atoms with E-state index < -0.39 is 11.4 Å². The molecule has 5 nitrogen and oxygen atoms in total. The maximum absolute atomic E-state index is 13.8. The van der Waals surface area contributed by atoms with Crippen molar-refractivity contribution in [3.8, 4) is 11.1 Å². The van der Waals surface area contributed by atoms with Crippen LogP contribution in [0.1, 0.15) is 77.5 Å². The predicted molar refractivity (Wildman–Crippen MR) is 147 cm³/mol. The van der Waals surface area contributed by atoms with Crippen LogP contribution in [-0.2, 0) is 19.0 Å². The van der Waals surface area contributed by atoms with Gasteiger partial charge in [0.1, 0.15) is 11.4 Å². The third-order valence-corrected chi connectivity index (χ3v) is 6.73. The summed E-state index contributed by atoms with van der Waals surface area (Å²) in [7, 11) is 0. The van der Waals surface area contributed by atoms with E-state index in [2.05, 4.69) is 18.2 Å². The molecule has 38 heavy (non-hydrogen) atoms. The van der Waals surface area contributed by atoms with Gasteiger partial charge < -0.3 is 14.2 Å². The van der Waals surface area contributed by atoms with E-state index in [1.807, 2.05) is 65.0 Å². The van der Waals surface area contributed by atoms with E-state index in [9.17, 15) is 9.18 Å². The maximum Gasteiger partial charge on any atom is 0.308 e. The second-order valence-corrected chi connectivity index (χ2v) is 11.8. The molecule has 2 atom stereocenters. The fraction of sp³-hybridized carbons (Fsp3) is 0.438. The molecule has 0 radical (unpaired) electrons. The molecule has 0 amide bonds. The highest BCUT2D eigenvalue weighted by Crippen LogP contribution is 2.45. The summed E-state index contributed by atoms with van der Waals surface area (Å²) in [5, 5.41) is 1.03. The van der Waals surface area contributed by atoms with E-state index in [0.717, 1.165) is 46.1 Å². The second kappa shape index (κ2) is 10.2. The topological polar surface area (TPSA) is 57.7 Å². The number of carbonyl (C=O) groups is 1. The smallest absolute Gasteiger partial charge is 0.308 e. The Morgan fingerprint density at radius 1 is 1.11 bits per heavy atom. The van der Waals surface area contributed by atoms with E-state index in [0.29, 0.717) is 12.3 Å². The van der Waals surface area contributed by atoms with Gasteiger partial charge in [-0.15, -0.1) is 0 Å². The fourth-order valence-electron chi connectivity index (χ4n) is 5.17. The number of hydrogen-bond acceptors (Lipinski definition) is 5. The predicted octanol–water partition coefficient (Wildman–Crippen LogP) is 7.57. The van der Waals surface area contributed by atoms with Crippen LogP contribution in [0.15, 0.2) is 54.6 Å². The van der Waals surface area contributed by atoms with Gasteiger partial charge in [0.2, 0.25) is 0 Å². The van der Waals surface area contributed by atoms with E-state index in [-0.39, 0.29) is 30.4 Å². The lowest BCUT2D eigenvalue weighted by Crippen LogP contribution is -2.45. The minimum atomic E-state index is -0.847. The number of benzene rings is 2. The van der Waals surface area contributed by atoms with Gasteiger partial charge in [-0.1, -0.05) is 42.5 Å². The highest BCUT2D eigenvalue weighted by atomic mass is 19.1. The molecule has 0 spiro atoms. The van der Waals surface area contributed by atoms with Crippen LogP contribution < -0.4 is 0 Å². The molecule has 2 heterocycles. The minimum Gasteiger partial charge on any atom is -0.460 e.